The highest BCUT2D eigenvalue weighted by atomic mass is 16.6. The van der Waals surface area contributed by atoms with E-state index in [1.165, 1.54) is 0 Å². The molecule has 0 aromatic rings. The monoisotopic (exact) mass is 766 g/mol. The van der Waals surface area contributed by atoms with Gasteiger partial charge >= 0.3 is 0 Å². The zero-order valence-electron chi connectivity index (χ0n) is 33.8. The Hall–Kier alpha value is -0.720. The van der Waals surface area contributed by atoms with Crippen molar-refractivity contribution in [2.24, 2.45) is 51.8 Å². The smallest absolute Gasteiger partial charge is 0.104 e. The quantitative estimate of drug-likeness (QED) is 0.0258. The maximum atomic E-state index is 6.45. The molecule has 0 amide bonds. The lowest BCUT2D eigenvalue weighted by atomic mass is 10.0. The average molecular weight is 766 g/mol. The van der Waals surface area contributed by atoms with Gasteiger partial charge in [-0.1, -0.05) is 0 Å². The van der Waals surface area contributed by atoms with Gasteiger partial charge in [0.1, 0.15) is 6.10 Å². The standard InChI is InChI=1S/C35H87N15O3/c1-51-31-35(53-30-34(46-14-26-50(22-10-42)23-11-43)28-45-13-25-49(20-8-40)21-9-41)32-52-29-33(3-2-15-47(16-4-36)17-5-37)27-44-12-24-48(18-6-38)19-7-39/h33-35,44-46H,2-32,36-43H2,1H3. The highest BCUT2D eigenvalue weighted by molar-refractivity contribution is 4.74. The van der Waals surface area contributed by atoms with Crippen LogP contribution in [0.5, 0.6) is 0 Å². The second-order valence-electron chi connectivity index (χ2n) is 13.7. The molecule has 0 saturated heterocycles. The molecule has 0 rings (SSSR count). The second-order valence-corrected chi connectivity index (χ2v) is 13.7. The molecule has 0 radical (unpaired) electrons. The van der Waals surface area contributed by atoms with Crippen LogP contribution in [0.25, 0.3) is 0 Å². The largest absolute Gasteiger partial charge is 0.382 e. The second kappa shape index (κ2) is 39.5. The molecule has 0 aliphatic heterocycles. The molecule has 320 valence electrons. The number of nitrogens with two attached hydrogens (primary N) is 8. The molecule has 0 heterocycles. The summed E-state index contributed by atoms with van der Waals surface area (Å²) in [6.07, 6.45) is 1.88. The lowest BCUT2D eigenvalue weighted by molar-refractivity contribution is -0.0621. The number of rotatable bonds is 43. The van der Waals surface area contributed by atoms with Crippen LogP contribution in [0.1, 0.15) is 12.8 Å². The SMILES string of the molecule is COCC(COCC(CCCN(CCN)CCN)CNCCN(CCN)CCN)OCC(CNCCN(CCN)CCN)NCCN(CCN)CCN. The molecule has 0 aromatic heterocycles. The van der Waals surface area contributed by atoms with Crippen LogP contribution < -0.4 is 61.8 Å². The Morgan fingerprint density at radius 1 is 0.472 bits per heavy atom. The normalized spacial score (nSPS) is 14.0. The summed E-state index contributed by atoms with van der Waals surface area (Å²) in [6, 6.07) is 0.0875. The maximum absolute atomic E-state index is 6.45. The van der Waals surface area contributed by atoms with Crippen LogP contribution in [0.4, 0.5) is 0 Å². The summed E-state index contributed by atoms with van der Waals surface area (Å²) >= 11 is 0. The van der Waals surface area contributed by atoms with Gasteiger partial charge in [0.15, 0.2) is 0 Å². The first-order valence-electron chi connectivity index (χ1n) is 20.3. The van der Waals surface area contributed by atoms with Crippen LogP contribution >= 0.6 is 0 Å². The van der Waals surface area contributed by atoms with Gasteiger partial charge < -0.3 is 80.9 Å². The number of methoxy groups -OCH3 is 1. The van der Waals surface area contributed by atoms with Crippen molar-refractivity contribution in [1.82, 2.24) is 35.6 Å². The van der Waals surface area contributed by atoms with Crippen molar-refractivity contribution in [1.29, 1.82) is 0 Å². The Kier molecular flexibility index (Phi) is 39.0. The van der Waals surface area contributed by atoms with Crippen LogP contribution in [0.3, 0.4) is 0 Å². The lowest BCUT2D eigenvalue weighted by Gasteiger charge is -2.27. The minimum Gasteiger partial charge on any atom is -0.382 e. The van der Waals surface area contributed by atoms with E-state index < -0.39 is 0 Å². The predicted molar refractivity (Wildman–Crippen MR) is 221 cm³/mol. The fourth-order valence-corrected chi connectivity index (χ4v) is 6.27. The summed E-state index contributed by atoms with van der Waals surface area (Å²) < 4.78 is 18.4. The van der Waals surface area contributed by atoms with E-state index in [4.69, 9.17) is 60.1 Å². The number of nitrogens with one attached hydrogen (secondary N) is 3. The zero-order chi connectivity index (χ0) is 39.2. The van der Waals surface area contributed by atoms with Gasteiger partial charge in [0.25, 0.3) is 0 Å². The Morgan fingerprint density at radius 2 is 0.906 bits per heavy atom. The number of hydrogen-bond donors (Lipinski definition) is 11. The molecular formula is C35H87N15O3. The lowest BCUT2D eigenvalue weighted by Crippen LogP contribution is -2.48. The highest BCUT2D eigenvalue weighted by Gasteiger charge is 2.18. The maximum Gasteiger partial charge on any atom is 0.104 e. The zero-order valence-corrected chi connectivity index (χ0v) is 33.8. The van der Waals surface area contributed by atoms with Crippen molar-refractivity contribution in [3.05, 3.63) is 0 Å². The number of hydrogen-bond acceptors (Lipinski definition) is 18. The van der Waals surface area contributed by atoms with E-state index >= 15 is 0 Å². The molecule has 53 heavy (non-hydrogen) atoms. The first-order chi connectivity index (χ1) is 25.9. The van der Waals surface area contributed by atoms with Gasteiger partial charge in [-0.15, -0.1) is 0 Å². The Morgan fingerprint density at radius 3 is 1.36 bits per heavy atom. The van der Waals surface area contributed by atoms with Crippen molar-refractivity contribution in [3.8, 4) is 0 Å². The first kappa shape index (κ1) is 52.3. The third kappa shape index (κ3) is 31.1. The van der Waals surface area contributed by atoms with Crippen molar-refractivity contribution in [3.63, 3.8) is 0 Å². The van der Waals surface area contributed by atoms with Crippen LogP contribution in [0, 0.1) is 5.92 Å². The predicted octanol–water partition coefficient (Wildman–Crippen LogP) is -5.55. The van der Waals surface area contributed by atoms with Gasteiger partial charge in [0, 0.05) is 170 Å². The minimum absolute atomic E-state index is 0.0875. The summed E-state index contributed by atoms with van der Waals surface area (Å²) in [7, 11) is 1.70. The van der Waals surface area contributed by atoms with E-state index in [1.54, 1.807) is 7.11 Å². The highest BCUT2D eigenvalue weighted by Crippen LogP contribution is 2.09. The van der Waals surface area contributed by atoms with E-state index in [-0.39, 0.29) is 12.1 Å². The molecule has 0 bridgehead atoms. The fraction of sp³-hybridized carbons (Fsp3) is 1.00. The van der Waals surface area contributed by atoms with Crippen molar-refractivity contribution in [2.45, 2.75) is 25.0 Å². The van der Waals surface area contributed by atoms with Gasteiger partial charge in [0.05, 0.1) is 26.4 Å². The molecule has 18 nitrogen and oxygen atoms in total. The van der Waals surface area contributed by atoms with Crippen LogP contribution in [0.15, 0.2) is 0 Å². The van der Waals surface area contributed by atoms with Gasteiger partial charge in [-0.25, -0.2) is 0 Å². The van der Waals surface area contributed by atoms with Crippen LogP contribution in [-0.2, 0) is 14.2 Å². The molecule has 0 aliphatic rings. The summed E-state index contributed by atoms with van der Waals surface area (Å²) in [4.78, 5) is 9.21. The van der Waals surface area contributed by atoms with Crippen LogP contribution in [0.2, 0.25) is 0 Å². The molecule has 0 aromatic carbocycles. The third-order valence-corrected chi connectivity index (χ3v) is 9.09. The van der Waals surface area contributed by atoms with E-state index in [0.717, 1.165) is 124 Å². The van der Waals surface area contributed by atoms with Crippen molar-refractivity contribution in [2.75, 3.05) is 197 Å². The summed E-state index contributed by atoms with van der Waals surface area (Å²) in [5.41, 5.74) is 46.5. The van der Waals surface area contributed by atoms with E-state index in [1.807, 2.05) is 0 Å². The molecule has 0 fully saturated rings. The average Bonchev–Trinajstić information content (AvgIpc) is 3.14. The number of nitrogens with zero attached hydrogens (tertiary/aromatic N) is 4. The Bertz CT molecular complexity index is 716. The minimum atomic E-state index is -0.195. The topological polar surface area (TPSA) is 285 Å². The van der Waals surface area contributed by atoms with Crippen molar-refractivity contribution >= 4 is 0 Å². The molecular weight excluding hydrogens is 678 g/mol. The molecule has 18 heteroatoms. The summed E-state index contributed by atoms with van der Waals surface area (Å²) in [5.74, 6) is 0.343. The van der Waals surface area contributed by atoms with Gasteiger partial charge in [0.2, 0.25) is 0 Å². The van der Waals surface area contributed by atoms with E-state index in [0.29, 0.717) is 84.7 Å². The summed E-state index contributed by atoms with van der Waals surface area (Å²) in [5, 5.41) is 10.9. The molecule has 3 atom stereocenters. The van der Waals surface area contributed by atoms with Crippen LogP contribution in [-0.4, -0.2) is 229 Å². The van der Waals surface area contributed by atoms with E-state index in [2.05, 4.69) is 35.6 Å². The number of ether oxygens (including phenoxy) is 3. The summed E-state index contributed by atoms with van der Waals surface area (Å²) in [6.45, 7) is 21.5. The molecule has 3 unspecified atom stereocenters. The molecule has 0 aliphatic carbocycles. The first-order valence-corrected chi connectivity index (χ1v) is 20.3. The van der Waals surface area contributed by atoms with Gasteiger partial charge in [-0.3, -0.25) is 14.7 Å². The van der Waals surface area contributed by atoms with Gasteiger partial charge in [-0.05, 0) is 25.3 Å². The van der Waals surface area contributed by atoms with Crippen molar-refractivity contribution < 1.29 is 14.2 Å². The molecule has 0 saturated carbocycles. The Balaban J connectivity index is 5.29. The third-order valence-electron chi connectivity index (χ3n) is 9.09. The molecule has 19 N–H and O–H groups in total. The Labute approximate surface area is 323 Å². The molecule has 0 spiro atoms. The van der Waals surface area contributed by atoms with E-state index in [9.17, 15) is 0 Å². The fourth-order valence-electron chi connectivity index (χ4n) is 6.27. The van der Waals surface area contributed by atoms with Gasteiger partial charge in [-0.2, -0.15) is 0 Å².